The van der Waals surface area contributed by atoms with E-state index in [1.807, 2.05) is 49.4 Å². The van der Waals surface area contributed by atoms with E-state index in [4.69, 9.17) is 16.9 Å². The highest BCUT2D eigenvalue weighted by molar-refractivity contribution is 7.98. The van der Waals surface area contributed by atoms with Gasteiger partial charge in [0, 0.05) is 15.7 Å². The summed E-state index contributed by atoms with van der Waals surface area (Å²) in [6, 6.07) is 15.9. The summed E-state index contributed by atoms with van der Waals surface area (Å²) in [5.74, 6) is 0.838. The monoisotopic (exact) mass is 273 g/mol. The van der Waals surface area contributed by atoms with Crippen molar-refractivity contribution in [3.8, 4) is 6.07 Å². The Balaban J connectivity index is 2.10. The van der Waals surface area contributed by atoms with Crippen molar-refractivity contribution in [3.63, 3.8) is 0 Å². The Morgan fingerprint density at radius 1 is 1.22 bits per heavy atom. The zero-order valence-corrected chi connectivity index (χ0v) is 11.6. The molecule has 0 unspecified atom stereocenters. The smallest absolute Gasteiger partial charge is 0.0994 e. The van der Waals surface area contributed by atoms with Crippen molar-refractivity contribution in [2.24, 2.45) is 0 Å². The first-order valence-corrected chi connectivity index (χ1v) is 6.94. The number of hydrogen-bond donors (Lipinski definition) is 0. The van der Waals surface area contributed by atoms with Crippen molar-refractivity contribution in [2.75, 3.05) is 0 Å². The summed E-state index contributed by atoms with van der Waals surface area (Å²) in [5, 5.41) is 9.68. The fraction of sp³-hybridized carbons (Fsp3) is 0.133. The molecule has 1 nitrogen and oxygen atoms in total. The molecule has 0 aliphatic heterocycles. The number of hydrogen-bond acceptors (Lipinski definition) is 2. The van der Waals surface area contributed by atoms with E-state index in [9.17, 15) is 0 Å². The van der Waals surface area contributed by atoms with Gasteiger partial charge in [-0.1, -0.05) is 29.8 Å². The molecule has 0 aliphatic carbocycles. The molecule has 0 saturated heterocycles. The van der Waals surface area contributed by atoms with Gasteiger partial charge in [0.05, 0.1) is 11.6 Å². The van der Waals surface area contributed by atoms with Gasteiger partial charge in [-0.05, 0) is 42.3 Å². The maximum Gasteiger partial charge on any atom is 0.0994 e. The van der Waals surface area contributed by atoms with E-state index < -0.39 is 0 Å². The molecule has 0 aliphatic rings. The van der Waals surface area contributed by atoms with Crippen LogP contribution in [0.2, 0.25) is 5.02 Å². The van der Waals surface area contributed by atoms with Crippen molar-refractivity contribution >= 4 is 23.4 Å². The predicted molar refractivity (Wildman–Crippen MR) is 76.9 cm³/mol. The summed E-state index contributed by atoms with van der Waals surface area (Å²) >= 11 is 7.84. The molecule has 0 aromatic heterocycles. The Kier molecular flexibility index (Phi) is 4.30. The molecule has 0 fully saturated rings. The Bertz CT molecular complexity index is 602. The lowest BCUT2D eigenvalue weighted by Gasteiger charge is -2.05. The number of thioether (sulfide) groups is 1. The predicted octanol–water partition coefficient (Wildman–Crippen LogP) is 4.81. The highest BCUT2D eigenvalue weighted by atomic mass is 35.5. The normalized spacial score (nSPS) is 10.1. The molecule has 0 N–H and O–H groups in total. The van der Waals surface area contributed by atoms with Crippen LogP contribution in [-0.2, 0) is 5.75 Å². The Morgan fingerprint density at radius 3 is 2.67 bits per heavy atom. The van der Waals surface area contributed by atoms with Crippen LogP contribution in [0.3, 0.4) is 0 Å². The fourth-order valence-electron chi connectivity index (χ4n) is 1.63. The number of nitriles is 1. The zero-order valence-electron chi connectivity index (χ0n) is 9.98. The van der Waals surface area contributed by atoms with E-state index in [0.717, 1.165) is 32.4 Å². The van der Waals surface area contributed by atoms with Crippen LogP contribution in [0.1, 0.15) is 16.7 Å². The van der Waals surface area contributed by atoms with E-state index >= 15 is 0 Å². The minimum Gasteiger partial charge on any atom is -0.192 e. The first-order valence-electron chi connectivity index (χ1n) is 5.57. The fourth-order valence-corrected chi connectivity index (χ4v) is 2.91. The molecular formula is C15H12ClNS. The summed E-state index contributed by atoms with van der Waals surface area (Å²) < 4.78 is 0. The highest BCUT2D eigenvalue weighted by Gasteiger charge is 2.02. The second-order valence-electron chi connectivity index (χ2n) is 3.97. The first-order chi connectivity index (χ1) is 8.70. The molecule has 18 heavy (non-hydrogen) atoms. The lowest BCUT2D eigenvalue weighted by molar-refractivity contribution is 1.31. The van der Waals surface area contributed by atoms with Crippen LogP contribution in [0.5, 0.6) is 0 Å². The molecule has 0 bridgehead atoms. The second kappa shape index (κ2) is 5.95. The summed E-state index contributed by atoms with van der Waals surface area (Å²) in [7, 11) is 0. The van der Waals surface area contributed by atoms with E-state index in [1.54, 1.807) is 11.8 Å². The van der Waals surface area contributed by atoms with Crippen molar-refractivity contribution in [1.82, 2.24) is 0 Å². The van der Waals surface area contributed by atoms with Gasteiger partial charge < -0.3 is 0 Å². The van der Waals surface area contributed by atoms with Crippen LogP contribution in [0.15, 0.2) is 47.4 Å². The van der Waals surface area contributed by atoms with E-state index in [0.29, 0.717) is 0 Å². The summed E-state index contributed by atoms with van der Waals surface area (Å²) in [4.78, 5) is 1.16. The molecular weight excluding hydrogens is 262 g/mol. The lowest BCUT2D eigenvalue weighted by Crippen LogP contribution is -1.85. The molecule has 0 amide bonds. The summed E-state index contributed by atoms with van der Waals surface area (Å²) in [6.07, 6.45) is 0. The van der Waals surface area contributed by atoms with Gasteiger partial charge in [-0.2, -0.15) is 5.26 Å². The lowest BCUT2D eigenvalue weighted by atomic mass is 10.1. The van der Waals surface area contributed by atoms with Gasteiger partial charge in [0.15, 0.2) is 0 Å². The third-order valence-electron chi connectivity index (χ3n) is 2.67. The van der Waals surface area contributed by atoms with Crippen molar-refractivity contribution in [3.05, 3.63) is 64.2 Å². The SMILES string of the molecule is Cc1cc(SCc2ccccc2Cl)ccc1C#N. The third-order valence-corrected chi connectivity index (χ3v) is 4.08. The highest BCUT2D eigenvalue weighted by Crippen LogP contribution is 2.27. The van der Waals surface area contributed by atoms with Crippen LogP contribution in [-0.4, -0.2) is 0 Å². The van der Waals surface area contributed by atoms with Crippen LogP contribution in [0.25, 0.3) is 0 Å². The summed E-state index contributed by atoms with van der Waals surface area (Å²) in [6.45, 7) is 1.96. The Hall–Kier alpha value is -1.43. The standard InChI is InChI=1S/C15H12ClNS/c1-11-8-14(7-6-12(11)9-17)18-10-13-4-2-3-5-15(13)16/h2-8H,10H2,1H3. The largest absolute Gasteiger partial charge is 0.192 e. The third kappa shape index (κ3) is 3.07. The molecule has 3 heteroatoms. The molecule has 0 heterocycles. The average molecular weight is 274 g/mol. The van der Waals surface area contributed by atoms with Gasteiger partial charge in [0.25, 0.3) is 0 Å². The molecule has 0 saturated carbocycles. The van der Waals surface area contributed by atoms with Gasteiger partial charge >= 0.3 is 0 Å². The quantitative estimate of drug-likeness (QED) is 0.749. The zero-order chi connectivity index (χ0) is 13.0. The second-order valence-corrected chi connectivity index (χ2v) is 5.42. The minimum absolute atomic E-state index is 0.733. The van der Waals surface area contributed by atoms with Crippen LogP contribution in [0.4, 0.5) is 0 Å². The average Bonchev–Trinajstić information content (AvgIpc) is 2.38. The number of rotatable bonds is 3. The van der Waals surface area contributed by atoms with Crippen molar-refractivity contribution in [1.29, 1.82) is 5.26 Å². The topological polar surface area (TPSA) is 23.8 Å². The molecule has 0 atom stereocenters. The molecule has 2 aromatic carbocycles. The van der Waals surface area contributed by atoms with Crippen molar-refractivity contribution < 1.29 is 0 Å². The molecule has 2 rings (SSSR count). The van der Waals surface area contributed by atoms with Crippen molar-refractivity contribution in [2.45, 2.75) is 17.6 Å². The van der Waals surface area contributed by atoms with Crippen LogP contribution in [0, 0.1) is 18.3 Å². The number of aryl methyl sites for hydroxylation is 1. The van der Waals surface area contributed by atoms with Gasteiger partial charge in [-0.15, -0.1) is 11.8 Å². The number of nitrogens with zero attached hydrogens (tertiary/aromatic N) is 1. The van der Waals surface area contributed by atoms with Gasteiger partial charge in [0.2, 0.25) is 0 Å². The number of halogens is 1. The van der Waals surface area contributed by atoms with E-state index in [-0.39, 0.29) is 0 Å². The Labute approximate surface area is 116 Å². The molecule has 90 valence electrons. The minimum atomic E-state index is 0.733. The van der Waals surface area contributed by atoms with Gasteiger partial charge in [-0.25, -0.2) is 0 Å². The molecule has 0 spiro atoms. The first kappa shape index (κ1) is 13.0. The van der Waals surface area contributed by atoms with Gasteiger partial charge in [0.1, 0.15) is 0 Å². The van der Waals surface area contributed by atoms with Crippen LogP contribution < -0.4 is 0 Å². The van der Waals surface area contributed by atoms with Crippen LogP contribution >= 0.6 is 23.4 Å². The Morgan fingerprint density at radius 2 is 2.00 bits per heavy atom. The number of benzene rings is 2. The summed E-state index contributed by atoms with van der Waals surface area (Å²) in [5.41, 5.74) is 2.88. The van der Waals surface area contributed by atoms with E-state index in [1.165, 1.54) is 0 Å². The molecule has 0 radical (unpaired) electrons. The molecule has 2 aromatic rings. The maximum absolute atomic E-state index is 8.88. The maximum atomic E-state index is 8.88. The van der Waals surface area contributed by atoms with Gasteiger partial charge in [-0.3, -0.25) is 0 Å². The van der Waals surface area contributed by atoms with E-state index in [2.05, 4.69) is 6.07 Å².